The molecule has 0 unspecified atom stereocenters. The third kappa shape index (κ3) is 3.09. The molecule has 6 rings (SSSR count). The second-order valence-corrected chi connectivity index (χ2v) is 9.33. The average molecular weight is 431 g/mol. The maximum absolute atomic E-state index is 13.6. The number of carbonyl (C=O) groups is 1. The van der Waals surface area contributed by atoms with Gasteiger partial charge in [0.05, 0.1) is 39.9 Å². The van der Waals surface area contributed by atoms with Crippen molar-refractivity contribution in [3.05, 3.63) is 66.0 Å². The molecule has 4 aromatic rings. The summed E-state index contributed by atoms with van der Waals surface area (Å²) in [6.07, 6.45) is 4.28. The molecular formula is C23H22N6OS. The fourth-order valence-electron chi connectivity index (χ4n) is 4.69. The Morgan fingerprint density at radius 1 is 1.10 bits per heavy atom. The minimum absolute atomic E-state index is 0.0469. The lowest BCUT2D eigenvalue weighted by molar-refractivity contribution is 0.0592. The van der Waals surface area contributed by atoms with E-state index in [0.717, 1.165) is 48.0 Å². The van der Waals surface area contributed by atoms with Gasteiger partial charge in [0.15, 0.2) is 5.13 Å². The van der Waals surface area contributed by atoms with Gasteiger partial charge in [0, 0.05) is 25.6 Å². The van der Waals surface area contributed by atoms with Crippen LogP contribution < -0.4 is 4.90 Å². The fraction of sp³-hybridized carbons (Fsp3) is 0.304. The van der Waals surface area contributed by atoms with E-state index in [1.54, 1.807) is 23.7 Å². The maximum atomic E-state index is 13.6. The molecule has 31 heavy (non-hydrogen) atoms. The maximum Gasteiger partial charge on any atom is 0.256 e. The van der Waals surface area contributed by atoms with Crippen LogP contribution in [-0.4, -0.2) is 56.5 Å². The lowest BCUT2D eigenvalue weighted by atomic mass is 9.82. The highest BCUT2D eigenvalue weighted by Crippen LogP contribution is 2.40. The number of rotatable bonds is 3. The van der Waals surface area contributed by atoms with Gasteiger partial charge in [-0.1, -0.05) is 35.1 Å². The largest absolute Gasteiger partial charge is 0.343 e. The van der Waals surface area contributed by atoms with Crippen LogP contribution in [0.3, 0.4) is 0 Å². The first-order valence-corrected chi connectivity index (χ1v) is 11.4. The summed E-state index contributed by atoms with van der Waals surface area (Å²) >= 11 is 1.74. The van der Waals surface area contributed by atoms with E-state index >= 15 is 0 Å². The second-order valence-electron chi connectivity index (χ2n) is 8.32. The standard InChI is InChI=1S/C23H22N6OS/c1-15-6-7-19(29-24-9-10-25-29)17(12-15)22(30)27-11-8-16-13-28(20(16)14-27)23-26-18-4-2-3-5-21(18)31-23/h2-7,9-10,12,16,20H,8,11,13-14H2,1H3/t16-,20-/m0/s1. The van der Waals surface area contributed by atoms with Crippen LogP contribution in [0, 0.1) is 12.8 Å². The highest BCUT2D eigenvalue weighted by molar-refractivity contribution is 7.22. The van der Waals surface area contributed by atoms with Gasteiger partial charge in [-0.3, -0.25) is 4.79 Å². The summed E-state index contributed by atoms with van der Waals surface area (Å²) in [7, 11) is 0. The molecule has 2 aromatic carbocycles. The van der Waals surface area contributed by atoms with Crippen LogP contribution in [0.4, 0.5) is 5.13 Å². The SMILES string of the molecule is Cc1ccc(-n2nccn2)c(C(=O)N2CC[C@H]3CN(c4nc5ccccc5s4)[C@H]3C2)c1. The van der Waals surface area contributed by atoms with Crippen LogP contribution in [0.1, 0.15) is 22.3 Å². The lowest BCUT2D eigenvalue weighted by Gasteiger charge is -2.53. The molecule has 0 bridgehead atoms. The molecule has 2 aromatic heterocycles. The molecule has 2 aliphatic heterocycles. The zero-order chi connectivity index (χ0) is 20.9. The number of hydrogen-bond acceptors (Lipinski definition) is 6. The van der Waals surface area contributed by atoms with Gasteiger partial charge in [0.2, 0.25) is 0 Å². The molecule has 4 heterocycles. The molecule has 0 spiro atoms. The van der Waals surface area contributed by atoms with Gasteiger partial charge in [0.1, 0.15) is 0 Å². The van der Waals surface area contributed by atoms with E-state index in [9.17, 15) is 4.79 Å². The van der Waals surface area contributed by atoms with Crippen LogP contribution in [0.15, 0.2) is 54.9 Å². The second kappa shape index (κ2) is 7.16. The Morgan fingerprint density at radius 3 is 2.77 bits per heavy atom. The summed E-state index contributed by atoms with van der Waals surface area (Å²) in [6.45, 7) is 4.54. The molecule has 1 amide bonds. The first-order chi connectivity index (χ1) is 15.2. The first-order valence-electron chi connectivity index (χ1n) is 10.6. The number of benzene rings is 2. The van der Waals surface area contributed by atoms with Crippen molar-refractivity contribution in [1.29, 1.82) is 0 Å². The number of aryl methyl sites for hydroxylation is 1. The van der Waals surface area contributed by atoms with Gasteiger partial charge in [-0.25, -0.2) is 4.98 Å². The van der Waals surface area contributed by atoms with Crippen molar-refractivity contribution >= 4 is 32.6 Å². The molecule has 7 nitrogen and oxygen atoms in total. The van der Waals surface area contributed by atoms with Gasteiger partial charge >= 0.3 is 0 Å². The number of thiazole rings is 1. The van der Waals surface area contributed by atoms with Crippen molar-refractivity contribution < 1.29 is 4.79 Å². The molecule has 2 aliphatic rings. The minimum Gasteiger partial charge on any atom is -0.343 e. The van der Waals surface area contributed by atoms with Crippen molar-refractivity contribution in [3.8, 4) is 5.69 Å². The number of amides is 1. The summed E-state index contributed by atoms with van der Waals surface area (Å²) in [6, 6.07) is 14.4. The van der Waals surface area contributed by atoms with E-state index in [4.69, 9.17) is 4.98 Å². The van der Waals surface area contributed by atoms with E-state index < -0.39 is 0 Å². The normalized spacial score (nSPS) is 20.5. The van der Waals surface area contributed by atoms with Gasteiger partial charge in [0.25, 0.3) is 5.91 Å². The minimum atomic E-state index is 0.0469. The average Bonchev–Trinajstić information content (AvgIpc) is 3.44. The molecule has 0 saturated carbocycles. The monoisotopic (exact) mass is 430 g/mol. The van der Waals surface area contributed by atoms with Crippen molar-refractivity contribution in [2.75, 3.05) is 24.5 Å². The van der Waals surface area contributed by atoms with E-state index in [2.05, 4.69) is 33.3 Å². The van der Waals surface area contributed by atoms with E-state index in [1.165, 1.54) is 9.50 Å². The van der Waals surface area contributed by atoms with Crippen molar-refractivity contribution in [2.24, 2.45) is 5.92 Å². The molecule has 156 valence electrons. The lowest BCUT2D eigenvalue weighted by Crippen LogP contribution is -2.65. The molecular weight excluding hydrogens is 408 g/mol. The van der Waals surface area contributed by atoms with E-state index in [1.807, 2.05) is 36.1 Å². The quantitative estimate of drug-likeness (QED) is 0.497. The Labute approximate surface area is 183 Å². The highest BCUT2D eigenvalue weighted by atomic mass is 32.1. The third-order valence-electron chi connectivity index (χ3n) is 6.39. The number of nitrogens with zero attached hydrogens (tertiary/aromatic N) is 6. The summed E-state index contributed by atoms with van der Waals surface area (Å²) in [5.41, 5.74) is 3.47. The Hall–Kier alpha value is -3.26. The number of aromatic nitrogens is 4. The number of hydrogen-bond donors (Lipinski definition) is 0. The Balaban J connectivity index is 1.26. The molecule has 2 saturated heterocycles. The highest BCUT2D eigenvalue weighted by Gasteiger charge is 2.45. The number of fused-ring (bicyclic) bond motifs is 2. The van der Waals surface area contributed by atoms with Gasteiger partial charge in [-0.15, -0.1) is 0 Å². The molecule has 2 fully saturated rings. The van der Waals surface area contributed by atoms with Crippen LogP contribution in [0.25, 0.3) is 15.9 Å². The molecule has 0 aliphatic carbocycles. The molecule has 0 N–H and O–H groups in total. The van der Waals surface area contributed by atoms with Crippen molar-refractivity contribution in [1.82, 2.24) is 24.9 Å². The summed E-state index contributed by atoms with van der Waals surface area (Å²) in [5.74, 6) is 0.673. The predicted octanol–water partition coefficient (Wildman–Crippen LogP) is 3.54. The van der Waals surface area contributed by atoms with Gasteiger partial charge in [-0.2, -0.15) is 15.0 Å². The van der Waals surface area contributed by atoms with Crippen LogP contribution in [0.5, 0.6) is 0 Å². The summed E-state index contributed by atoms with van der Waals surface area (Å²) in [4.78, 5) is 24.3. The van der Waals surface area contributed by atoms with Crippen molar-refractivity contribution in [2.45, 2.75) is 19.4 Å². The number of likely N-dealkylation sites (tertiary alicyclic amines) is 1. The van der Waals surface area contributed by atoms with Crippen LogP contribution in [-0.2, 0) is 0 Å². The number of anilines is 1. The molecule has 8 heteroatoms. The Kier molecular flexibility index (Phi) is 4.27. The van der Waals surface area contributed by atoms with Crippen LogP contribution >= 0.6 is 11.3 Å². The number of para-hydroxylation sites is 1. The van der Waals surface area contributed by atoms with Gasteiger partial charge < -0.3 is 9.80 Å². The zero-order valence-corrected chi connectivity index (χ0v) is 18.0. The van der Waals surface area contributed by atoms with E-state index in [0.29, 0.717) is 17.5 Å². The predicted molar refractivity (Wildman–Crippen MR) is 121 cm³/mol. The van der Waals surface area contributed by atoms with Gasteiger partial charge in [-0.05, 0) is 37.6 Å². The third-order valence-corrected chi connectivity index (χ3v) is 7.46. The smallest absolute Gasteiger partial charge is 0.256 e. The zero-order valence-electron chi connectivity index (χ0n) is 17.2. The number of piperidine rings is 1. The fourth-order valence-corrected chi connectivity index (χ4v) is 5.72. The van der Waals surface area contributed by atoms with E-state index in [-0.39, 0.29) is 5.91 Å². The topological polar surface area (TPSA) is 67.2 Å². The first kappa shape index (κ1) is 18.5. The van der Waals surface area contributed by atoms with Crippen LogP contribution in [0.2, 0.25) is 0 Å². The summed E-state index contributed by atoms with van der Waals surface area (Å²) in [5, 5.41) is 9.53. The summed E-state index contributed by atoms with van der Waals surface area (Å²) < 4.78 is 1.21. The molecule has 2 atom stereocenters. The Morgan fingerprint density at radius 2 is 1.94 bits per heavy atom. The number of carbonyl (C=O) groups excluding carboxylic acids is 1. The molecule has 0 radical (unpaired) electrons. The van der Waals surface area contributed by atoms with Crippen molar-refractivity contribution in [3.63, 3.8) is 0 Å². The Bertz CT molecular complexity index is 1230.